The molecule has 0 fully saturated rings. The molecule has 0 saturated carbocycles. The summed E-state index contributed by atoms with van der Waals surface area (Å²) in [7, 11) is 0. The third-order valence-corrected chi connectivity index (χ3v) is 4.15. The third-order valence-electron chi connectivity index (χ3n) is 4.15. The second-order valence-corrected chi connectivity index (χ2v) is 6.05. The fourth-order valence-corrected chi connectivity index (χ4v) is 2.77. The maximum absolute atomic E-state index is 12.5. The molecule has 0 aliphatic carbocycles. The number of hydrogen-bond donors (Lipinski definition) is 2. The molecule has 6 heteroatoms. The number of carbonyl (C=O) groups excluding carboxylic acids is 1. The van der Waals surface area contributed by atoms with Crippen LogP contribution in [-0.2, 0) is 0 Å². The number of fused-ring (bicyclic) bond motifs is 1. The Morgan fingerprint density at radius 1 is 0.889 bits per heavy atom. The molecule has 0 bridgehead atoms. The van der Waals surface area contributed by atoms with E-state index in [2.05, 4.69) is 25.6 Å². The zero-order valence-electron chi connectivity index (χ0n) is 14.7. The van der Waals surface area contributed by atoms with E-state index in [4.69, 9.17) is 0 Å². The Bertz CT molecular complexity index is 1110. The molecule has 2 aromatic carbocycles. The van der Waals surface area contributed by atoms with Crippen LogP contribution in [-0.4, -0.2) is 21.0 Å². The number of hydrogen-bond acceptors (Lipinski definition) is 4. The molecule has 4 aromatic rings. The molecular weight excluding hydrogens is 338 g/mol. The van der Waals surface area contributed by atoms with Crippen molar-refractivity contribution in [2.24, 2.45) is 0 Å². The van der Waals surface area contributed by atoms with Crippen molar-refractivity contribution in [3.8, 4) is 11.4 Å². The Kier molecular flexibility index (Phi) is 4.45. The van der Waals surface area contributed by atoms with Gasteiger partial charge < -0.3 is 5.32 Å². The normalized spacial score (nSPS) is 10.6. The minimum Gasteiger partial charge on any atom is -0.307 e. The van der Waals surface area contributed by atoms with Crippen LogP contribution in [0.2, 0.25) is 0 Å². The summed E-state index contributed by atoms with van der Waals surface area (Å²) in [4.78, 5) is 25.8. The van der Waals surface area contributed by atoms with Gasteiger partial charge in [-0.1, -0.05) is 30.3 Å². The van der Waals surface area contributed by atoms with Gasteiger partial charge in [-0.25, -0.2) is 14.8 Å². The second-order valence-electron chi connectivity index (χ2n) is 6.05. The van der Waals surface area contributed by atoms with Crippen molar-refractivity contribution in [3.05, 3.63) is 78.6 Å². The number of amides is 2. The van der Waals surface area contributed by atoms with Gasteiger partial charge in [-0.05, 0) is 42.8 Å². The summed E-state index contributed by atoms with van der Waals surface area (Å²) in [6, 6.07) is 18.5. The van der Waals surface area contributed by atoms with E-state index in [1.54, 1.807) is 12.4 Å². The van der Waals surface area contributed by atoms with Crippen molar-refractivity contribution < 1.29 is 4.79 Å². The highest BCUT2D eigenvalue weighted by atomic mass is 16.2. The first kappa shape index (κ1) is 16.7. The molecule has 0 aliphatic rings. The van der Waals surface area contributed by atoms with E-state index in [0.717, 1.165) is 27.7 Å². The van der Waals surface area contributed by atoms with Crippen LogP contribution in [0, 0.1) is 6.92 Å². The van der Waals surface area contributed by atoms with Crippen LogP contribution in [0.1, 0.15) is 5.56 Å². The van der Waals surface area contributed by atoms with E-state index in [9.17, 15) is 4.79 Å². The molecule has 0 spiro atoms. The summed E-state index contributed by atoms with van der Waals surface area (Å²) in [5, 5.41) is 6.48. The topological polar surface area (TPSA) is 79.8 Å². The Hall–Kier alpha value is -3.80. The van der Waals surface area contributed by atoms with E-state index >= 15 is 0 Å². The van der Waals surface area contributed by atoms with Crippen molar-refractivity contribution in [1.82, 2.24) is 15.0 Å². The zero-order valence-corrected chi connectivity index (χ0v) is 14.7. The first-order valence-corrected chi connectivity index (χ1v) is 8.51. The van der Waals surface area contributed by atoms with Gasteiger partial charge >= 0.3 is 6.03 Å². The molecule has 2 amide bonds. The van der Waals surface area contributed by atoms with Crippen LogP contribution >= 0.6 is 0 Å². The van der Waals surface area contributed by atoms with Crippen molar-refractivity contribution >= 4 is 28.4 Å². The predicted molar refractivity (Wildman–Crippen MR) is 107 cm³/mol. The molecule has 2 N–H and O–H groups in total. The average molecular weight is 355 g/mol. The van der Waals surface area contributed by atoms with Crippen LogP contribution in [0.5, 0.6) is 0 Å². The molecule has 2 heterocycles. The van der Waals surface area contributed by atoms with Crippen molar-refractivity contribution in [3.63, 3.8) is 0 Å². The van der Waals surface area contributed by atoms with E-state index in [-0.39, 0.29) is 6.03 Å². The van der Waals surface area contributed by atoms with Gasteiger partial charge in [0.15, 0.2) is 5.82 Å². The largest absolute Gasteiger partial charge is 0.324 e. The summed E-state index contributed by atoms with van der Waals surface area (Å²) in [6.45, 7) is 1.94. The number of nitrogens with zero attached hydrogens (tertiary/aromatic N) is 3. The maximum atomic E-state index is 12.5. The number of carbonyl (C=O) groups is 1. The number of pyridine rings is 1. The van der Waals surface area contributed by atoms with Crippen LogP contribution in [0.4, 0.5) is 16.3 Å². The van der Waals surface area contributed by atoms with Crippen molar-refractivity contribution in [1.29, 1.82) is 0 Å². The van der Waals surface area contributed by atoms with Gasteiger partial charge in [-0.15, -0.1) is 0 Å². The number of urea groups is 1. The van der Waals surface area contributed by atoms with Gasteiger partial charge in [-0.3, -0.25) is 10.3 Å². The molecule has 27 heavy (non-hydrogen) atoms. The molecular formula is C21H17N5O. The number of para-hydroxylation sites is 2. The zero-order chi connectivity index (χ0) is 18.6. The highest BCUT2D eigenvalue weighted by Gasteiger charge is 2.12. The summed E-state index contributed by atoms with van der Waals surface area (Å²) >= 11 is 0. The van der Waals surface area contributed by atoms with Gasteiger partial charge in [-0.2, -0.15) is 0 Å². The maximum Gasteiger partial charge on any atom is 0.324 e. The lowest BCUT2D eigenvalue weighted by molar-refractivity contribution is 0.262. The molecule has 4 rings (SSSR count). The predicted octanol–water partition coefficient (Wildman–Crippen LogP) is 4.64. The Balaban J connectivity index is 1.70. The van der Waals surface area contributed by atoms with Gasteiger partial charge in [0.05, 0.1) is 5.52 Å². The minimum atomic E-state index is -0.356. The summed E-state index contributed by atoms with van der Waals surface area (Å²) in [5.41, 5.74) is 3.26. The first-order valence-electron chi connectivity index (χ1n) is 8.51. The number of aryl methyl sites for hydroxylation is 1. The van der Waals surface area contributed by atoms with Crippen LogP contribution in [0.15, 0.2) is 73.1 Å². The second kappa shape index (κ2) is 7.21. The van der Waals surface area contributed by atoms with Gasteiger partial charge in [0.25, 0.3) is 0 Å². The first-order chi connectivity index (χ1) is 13.2. The lowest BCUT2D eigenvalue weighted by Crippen LogP contribution is -2.21. The fourth-order valence-electron chi connectivity index (χ4n) is 2.77. The SMILES string of the molecule is Cc1ccccc1NC(=O)Nc1nc(-c2cccnc2)nc2ccccc12. The molecule has 6 nitrogen and oxygen atoms in total. The minimum absolute atomic E-state index is 0.356. The highest BCUT2D eigenvalue weighted by molar-refractivity contribution is 6.04. The number of benzene rings is 2. The summed E-state index contributed by atoms with van der Waals surface area (Å²) in [6.07, 6.45) is 3.39. The van der Waals surface area contributed by atoms with Crippen LogP contribution in [0.25, 0.3) is 22.3 Å². The third kappa shape index (κ3) is 3.59. The Morgan fingerprint density at radius 2 is 1.70 bits per heavy atom. The number of nitrogens with one attached hydrogen (secondary N) is 2. The van der Waals surface area contributed by atoms with E-state index in [1.807, 2.05) is 67.6 Å². The standard InChI is InChI=1S/C21H17N5O/c1-14-7-2-4-10-17(14)24-21(27)26-20-16-9-3-5-11-18(16)23-19(25-20)15-8-6-12-22-13-15/h2-13H,1H3,(H2,23,24,25,26,27). The molecule has 0 saturated heterocycles. The summed E-state index contributed by atoms with van der Waals surface area (Å²) < 4.78 is 0. The molecule has 2 aromatic heterocycles. The monoisotopic (exact) mass is 355 g/mol. The van der Waals surface area contributed by atoms with Gasteiger partial charge in [0.2, 0.25) is 0 Å². The molecule has 0 unspecified atom stereocenters. The van der Waals surface area contributed by atoms with Crippen molar-refractivity contribution in [2.75, 3.05) is 10.6 Å². The van der Waals surface area contributed by atoms with Gasteiger partial charge in [0.1, 0.15) is 5.82 Å². The summed E-state index contributed by atoms with van der Waals surface area (Å²) in [5.74, 6) is 0.957. The Morgan fingerprint density at radius 3 is 2.52 bits per heavy atom. The number of anilines is 2. The van der Waals surface area contributed by atoms with E-state index in [0.29, 0.717) is 11.6 Å². The fraction of sp³-hybridized carbons (Fsp3) is 0.0476. The van der Waals surface area contributed by atoms with Gasteiger partial charge in [0, 0.05) is 29.0 Å². The quantitative estimate of drug-likeness (QED) is 0.561. The number of aromatic nitrogens is 3. The highest BCUT2D eigenvalue weighted by Crippen LogP contribution is 2.24. The molecule has 0 aliphatic heterocycles. The molecule has 0 atom stereocenters. The lowest BCUT2D eigenvalue weighted by Gasteiger charge is -2.12. The van der Waals surface area contributed by atoms with E-state index < -0.39 is 0 Å². The van der Waals surface area contributed by atoms with Crippen LogP contribution < -0.4 is 10.6 Å². The van der Waals surface area contributed by atoms with Crippen molar-refractivity contribution in [2.45, 2.75) is 6.92 Å². The lowest BCUT2D eigenvalue weighted by atomic mass is 10.2. The van der Waals surface area contributed by atoms with Crippen LogP contribution in [0.3, 0.4) is 0 Å². The average Bonchev–Trinajstić information content (AvgIpc) is 2.70. The van der Waals surface area contributed by atoms with E-state index in [1.165, 1.54) is 0 Å². The number of rotatable bonds is 3. The smallest absolute Gasteiger partial charge is 0.307 e. The molecule has 0 radical (unpaired) electrons. The Labute approximate surface area is 156 Å². The molecule has 132 valence electrons.